The van der Waals surface area contributed by atoms with Gasteiger partial charge in [0.05, 0.1) is 13.0 Å². The molecule has 0 aromatic heterocycles. The van der Waals surface area contributed by atoms with E-state index in [2.05, 4.69) is 0 Å². The van der Waals surface area contributed by atoms with E-state index in [1.165, 1.54) is 30.3 Å². The third-order valence-electron chi connectivity index (χ3n) is 5.43. The Morgan fingerprint density at radius 2 is 1.72 bits per heavy atom. The molecule has 0 unspecified atom stereocenters. The molecule has 0 bridgehead atoms. The molecule has 11 nitrogen and oxygen atoms in total. The summed E-state index contributed by atoms with van der Waals surface area (Å²) in [5.41, 5.74) is 0.00338. The lowest BCUT2D eigenvalue weighted by Crippen LogP contribution is -2.60. The largest absolute Gasteiger partial charge is 0.508 e. The molecule has 11 heteroatoms. The topological polar surface area (TPSA) is 186 Å². The number of Topliss-reactive ketones (excluding diaryl/α,β-unsaturated/α-hetero) is 1. The minimum atomic E-state index is -2.08. The molecular weight excluding hydrogens is 428 g/mol. The van der Waals surface area contributed by atoms with Crippen LogP contribution >= 0.6 is 0 Å². The van der Waals surface area contributed by atoms with Gasteiger partial charge < -0.3 is 50.0 Å². The average Bonchev–Trinajstić information content (AvgIpc) is 2.73. The van der Waals surface area contributed by atoms with Crippen molar-refractivity contribution < 1.29 is 54.8 Å². The van der Waals surface area contributed by atoms with Crippen LogP contribution in [0.5, 0.6) is 23.0 Å². The maximum Gasteiger partial charge on any atom is 0.242 e. The number of benzene rings is 2. The highest BCUT2D eigenvalue weighted by molar-refractivity contribution is 6.03. The molecule has 2 heterocycles. The van der Waals surface area contributed by atoms with Crippen LogP contribution in [0.3, 0.4) is 0 Å². The Hall–Kier alpha value is -2.93. The van der Waals surface area contributed by atoms with E-state index in [0.29, 0.717) is 0 Å². The van der Waals surface area contributed by atoms with Gasteiger partial charge in [0.25, 0.3) is 0 Å². The lowest BCUT2D eigenvalue weighted by Gasteiger charge is -2.39. The van der Waals surface area contributed by atoms with Crippen LogP contribution in [-0.2, 0) is 10.5 Å². The van der Waals surface area contributed by atoms with Crippen LogP contribution in [-0.4, -0.2) is 78.8 Å². The zero-order valence-electron chi connectivity index (χ0n) is 16.5. The molecule has 1 fully saturated rings. The first-order chi connectivity index (χ1) is 15.1. The van der Waals surface area contributed by atoms with E-state index in [9.17, 15) is 40.5 Å². The number of phenols is 2. The van der Waals surface area contributed by atoms with Crippen molar-refractivity contribution in [1.82, 2.24) is 0 Å². The lowest BCUT2D eigenvalue weighted by molar-refractivity contribution is -0.277. The third kappa shape index (κ3) is 3.86. The Morgan fingerprint density at radius 1 is 1.03 bits per heavy atom. The number of carbonyl (C=O) groups excluding carboxylic acids is 1. The van der Waals surface area contributed by atoms with Gasteiger partial charge in [-0.05, 0) is 24.3 Å². The van der Waals surface area contributed by atoms with Gasteiger partial charge >= 0.3 is 0 Å². The number of hydrogen-bond donors (Lipinski definition) is 7. The van der Waals surface area contributed by atoms with Gasteiger partial charge in [-0.25, -0.2) is 0 Å². The average molecular weight is 450 g/mol. The summed E-state index contributed by atoms with van der Waals surface area (Å²) >= 11 is 0. The molecule has 7 N–H and O–H groups in total. The molecule has 2 aromatic carbocycles. The summed E-state index contributed by atoms with van der Waals surface area (Å²) in [6.07, 6.45) is -8.17. The molecule has 6 atom stereocenters. The lowest BCUT2D eigenvalue weighted by atomic mass is 9.92. The second kappa shape index (κ2) is 8.20. The number of aromatic hydroxyl groups is 2. The highest BCUT2D eigenvalue weighted by Crippen LogP contribution is 2.44. The molecule has 0 saturated carbocycles. The number of aliphatic hydroxyl groups is 5. The van der Waals surface area contributed by atoms with Crippen LogP contribution in [0, 0.1) is 0 Å². The molecular formula is C21H22O11. The quantitative estimate of drug-likeness (QED) is 0.306. The van der Waals surface area contributed by atoms with Crippen molar-refractivity contribution in [3.05, 3.63) is 47.5 Å². The first-order valence-corrected chi connectivity index (χ1v) is 9.71. The Balaban J connectivity index is 1.63. The molecule has 2 aromatic rings. The minimum absolute atomic E-state index is 0.0484. The van der Waals surface area contributed by atoms with Gasteiger partial charge in [-0.3, -0.25) is 4.79 Å². The van der Waals surface area contributed by atoms with Gasteiger partial charge in [0, 0.05) is 17.7 Å². The number of hydrogen-bond acceptors (Lipinski definition) is 11. The van der Waals surface area contributed by atoms with Crippen molar-refractivity contribution in [3.63, 3.8) is 0 Å². The Morgan fingerprint density at radius 3 is 2.38 bits per heavy atom. The number of carbonyl (C=O) groups is 1. The summed E-state index contributed by atoms with van der Waals surface area (Å²) in [6, 6.07) is 7.62. The van der Waals surface area contributed by atoms with Crippen LogP contribution in [0.15, 0.2) is 36.4 Å². The van der Waals surface area contributed by atoms with E-state index in [0.717, 1.165) is 6.07 Å². The molecule has 4 rings (SSSR count). The SMILES string of the molecule is O=C1C[C@](O)(c2ccc(O)cc2)Oc2cc(O[C@@H]3O[C@H](CO)[C@@H](O)[C@H](O)[C@@H]3O)cc(O)c21. The molecule has 2 aliphatic heterocycles. The van der Waals surface area contributed by atoms with E-state index >= 15 is 0 Å². The molecule has 0 spiro atoms. The summed E-state index contributed by atoms with van der Waals surface area (Å²) in [7, 11) is 0. The number of aliphatic hydroxyl groups excluding tert-OH is 4. The van der Waals surface area contributed by atoms with Crippen LogP contribution in [0.1, 0.15) is 22.3 Å². The van der Waals surface area contributed by atoms with Crippen LogP contribution in [0.4, 0.5) is 0 Å². The molecule has 0 aliphatic carbocycles. The van der Waals surface area contributed by atoms with Gasteiger partial charge in [-0.1, -0.05) is 0 Å². The molecule has 32 heavy (non-hydrogen) atoms. The highest BCUT2D eigenvalue weighted by atomic mass is 16.7. The molecule has 1 saturated heterocycles. The third-order valence-corrected chi connectivity index (χ3v) is 5.43. The minimum Gasteiger partial charge on any atom is -0.508 e. The molecule has 0 radical (unpaired) electrons. The number of fused-ring (bicyclic) bond motifs is 1. The van der Waals surface area contributed by atoms with Gasteiger partial charge in [0.2, 0.25) is 12.1 Å². The fourth-order valence-electron chi connectivity index (χ4n) is 3.71. The van der Waals surface area contributed by atoms with E-state index in [-0.39, 0.29) is 28.4 Å². The zero-order chi connectivity index (χ0) is 23.2. The monoisotopic (exact) mass is 450 g/mol. The smallest absolute Gasteiger partial charge is 0.242 e. The van der Waals surface area contributed by atoms with E-state index in [1.54, 1.807) is 0 Å². The molecule has 0 amide bonds. The van der Waals surface area contributed by atoms with E-state index in [1.807, 2.05) is 0 Å². The summed E-state index contributed by atoms with van der Waals surface area (Å²) in [6.45, 7) is -0.655. The second-order valence-corrected chi connectivity index (χ2v) is 7.66. The van der Waals surface area contributed by atoms with Crippen molar-refractivity contribution in [2.75, 3.05) is 6.61 Å². The van der Waals surface area contributed by atoms with Crippen molar-refractivity contribution in [3.8, 4) is 23.0 Å². The summed E-state index contributed by atoms with van der Waals surface area (Å²) < 4.78 is 16.4. The summed E-state index contributed by atoms with van der Waals surface area (Å²) in [5.74, 6) is -3.61. The van der Waals surface area contributed by atoms with Crippen molar-refractivity contribution >= 4 is 5.78 Å². The summed E-state index contributed by atoms with van der Waals surface area (Å²) in [5, 5.41) is 69.9. The Kier molecular flexibility index (Phi) is 5.71. The van der Waals surface area contributed by atoms with Crippen molar-refractivity contribution in [2.45, 2.75) is 42.9 Å². The molecule has 172 valence electrons. The van der Waals surface area contributed by atoms with Crippen molar-refractivity contribution in [1.29, 1.82) is 0 Å². The predicted molar refractivity (Wildman–Crippen MR) is 104 cm³/mol. The van der Waals surface area contributed by atoms with Crippen LogP contribution < -0.4 is 9.47 Å². The maximum atomic E-state index is 12.6. The number of ether oxygens (including phenoxy) is 3. The highest BCUT2D eigenvalue weighted by Gasteiger charge is 2.46. The first-order valence-electron chi connectivity index (χ1n) is 9.71. The number of phenolic OH excluding ortho intramolecular Hbond substituents is 2. The Bertz CT molecular complexity index is 1010. The Labute approximate surface area is 181 Å². The molecule has 2 aliphatic rings. The fraction of sp³-hybridized carbons (Fsp3) is 0.381. The first kappa shape index (κ1) is 22.3. The normalized spacial score (nSPS) is 32.2. The van der Waals surface area contributed by atoms with E-state index < -0.39 is 61.1 Å². The van der Waals surface area contributed by atoms with Gasteiger partial charge in [-0.15, -0.1) is 0 Å². The van der Waals surface area contributed by atoms with Crippen LogP contribution in [0.25, 0.3) is 0 Å². The van der Waals surface area contributed by atoms with Gasteiger partial charge in [0.15, 0.2) is 5.78 Å². The number of rotatable bonds is 4. The number of ketones is 1. The maximum absolute atomic E-state index is 12.6. The predicted octanol–water partition coefficient (Wildman–Crippen LogP) is -0.913. The fourth-order valence-corrected chi connectivity index (χ4v) is 3.71. The van der Waals surface area contributed by atoms with Crippen LogP contribution in [0.2, 0.25) is 0 Å². The summed E-state index contributed by atoms with van der Waals surface area (Å²) in [4.78, 5) is 12.6. The zero-order valence-corrected chi connectivity index (χ0v) is 16.5. The van der Waals surface area contributed by atoms with E-state index in [4.69, 9.17) is 14.2 Å². The van der Waals surface area contributed by atoms with Gasteiger partial charge in [0.1, 0.15) is 53.0 Å². The van der Waals surface area contributed by atoms with Gasteiger partial charge in [-0.2, -0.15) is 0 Å². The second-order valence-electron chi connectivity index (χ2n) is 7.66. The standard InChI is InChI=1S/C21H22O11/c22-8-15-17(26)18(27)19(28)20(31-15)30-11-5-12(24)16-13(25)7-21(29,32-14(16)6-11)9-1-3-10(23)4-2-9/h1-6,15,17-20,22-24,26-29H,7-8H2/t15-,17-,18+,19+,20-,21-/m1/s1. The van der Waals surface area contributed by atoms with Crippen molar-refractivity contribution in [2.24, 2.45) is 0 Å².